The van der Waals surface area contributed by atoms with Crippen molar-refractivity contribution in [3.05, 3.63) is 0 Å². The number of aliphatic hydroxyl groups is 1. The van der Waals surface area contributed by atoms with Gasteiger partial charge in [0.25, 0.3) is 0 Å². The van der Waals surface area contributed by atoms with Gasteiger partial charge in [-0.05, 0) is 6.42 Å². The van der Waals surface area contributed by atoms with Gasteiger partial charge in [0.15, 0.2) is 6.36 Å². The largest absolute Gasteiger partial charge is 1.00 e. The fourth-order valence-electron chi connectivity index (χ4n) is 0.373. The van der Waals surface area contributed by atoms with Gasteiger partial charge in [-0.1, -0.05) is 13.3 Å². The smallest absolute Gasteiger partial charge is 0.364 e. The van der Waals surface area contributed by atoms with Crippen molar-refractivity contribution >= 4 is 0 Å². The summed E-state index contributed by atoms with van der Waals surface area (Å²) in [6.07, 6.45) is 0.412. The Morgan fingerprint density at radius 1 is 1.86 bits per heavy atom. The maximum atomic E-state index is 11.4. The van der Waals surface area contributed by atoms with Crippen LogP contribution in [0, 0.1) is 0 Å². The van der Waals surface area contributed by atoms with Crippen LogP contribution < -0.4 is 0 Å². The lowest BCUT2D eigenvalue weighted by Crippen LogP contribution is -1.94. The highest BCUT2D eigenvalue weighted by Gasteiger charge is 1.94. The van der Waals surface area contributed by atoms with Crippen molar-refractivity contribution in [1.82, 2.24) is 0 Å². The van der Waals surface area contributed by atoms with Gasteiger partial charge >= 0.3 is 1.43 Å². The van der Waals surface area contributed by atoms with Crippen LogP contribution in [-0.4, -0.2) is 11.5 Å². The van der Waals surface area contributed by atoms with Gasteiger partial charge < -0.3 is 5.11 Å². The van der Waals surface area contributed by atoms with Gasteiger partial charge in [-0.25, -0.2) is 4.39 Å². The lowest BCUT2D eigenvalue weighted by atomic mass is 10.3. The molecule has 0 amide bonds. The van der Waals surface area contributed by atoms with Crippen LogP contribution in [0.3, 0.4) is 0 Å². The van der Waals surface area contributed by atoms with Crippen LogP contribution in [0.2, 0.25) is 0 Å². The topological polar surface area (TPSA) is 20.2 Å². The van der Waals surface area contributed by atoms with Crippen molar-refractivity contribution in [2.24, 2.45) is 0 Å². The van der Waals surface area contributed by atoms with Crippen molar-refractivity contribution in [2.75, 3.05) is 0 Å². The highest BCUT2D eigenvalue weighted by molar-refractivity contribution is 4.37. The normalized spacial score (nSPS) is 14.1. The minimum atomic E-state index is -1.60. The van der Waals surface area contributed by atoms with Gasteiger partial charge in [0, 0.05) is 6.42 Å². The molecule has 7 heavy (non-hydrogen) atoms. The zero-order valence-corrected chi connectivity index (χ0v) is 4.52. The Hall–Kier alpha value is -0.110. The summed E-state index contributed by atoms with van der Waals surface area (Å²) in [5.74, 6) is 0. The second-order valence-corrected chi connectivity index (χ2v) is 1.58. The quantitative estimate of drug-likeness (QED) is 0.580. The summed E-state index contributed by atoms with van der Waals surface area (Å²) in [4.78, 5) is 0. The Labute approximate surface area is 44.6 Å². The number of aliphatic hydroxyl groups excluding tert-OH is 1. The monoisotopic (exact) mass is 107 g/mol. The lowest BCUT2D eigenvalue weighted by Gasteiger charge is -1.94. The summed E-state index contributed by atoms with van der Waals surface area (Å²) in [5.41, 5.74) is 0. The van der Waals surface area contributed by atoms with E-state index in [0.717, 1.165) is 12.8 Å². The zero-order chi connectivity index (χ0) is 5.70. The summed E-state index contributed by atoms with van der Waals surface area (Å²) in [6, 6.07) is 0. The molecule has 0 aromatic heterocycles. The number of alkyl halides is 1. The first-order valence-corrected chi connectivity index (χ1v) is 2.59. The summed E-state index contributed by atoms with van der Waals surface area (Å²) in [5, 5.41) is 8.02. The van der Waals surface area contributed by atoms with Crippen molar-refractivity contribution in [1.29, 1.82) is 0 Å². The number of halogens is 1. The van der Waals surface area contributed by atoms with E-state index < -0.39 is 6.36 Å². The van der Waals surface area contributed by atoms with Gasteiger partial charge in [-0.3, -0.25) is 0 Å². The fraction of sp³-hybridized carbons (Fsp3) is 1.00. The number of rotatable bonds is 3. The van der Waals surface area contributed by atoms with Gasteiger partial charge in [0.05, 0.1) is 0 Å². The van der Waals surface area contributed by atoms with E-state index in [-0.39, 0.29) is 7.85 Å². The molecule has 44 valence electrons. The van der Waals surface area contributed by atoms with Gasteiger partial charge in [-0.15, -0.1) is 0 Å². The first-order valence-electron chi connectivity index (χ1n) is 2.59. The first kappa shape index (κ1) is 6.89. The van der Waals surface area contributed by atoms with E-state index in [1.165, 1.54) is 0 Å². The standard InChI is InChI=1S/C5H11FO/c1-2-3-4-5(6)7/h5,7H,2-4H2,1H3/p+1. The van der Waals surface area contributed by atoms with E-state index in [9.17, 15) is 4.39 Å². The predicted molar refractivity (Wildman–Crippen MR) is 27.8 cm³/mol. The second kappa shape index (κ2) is 4.06. The summed E-state index contributed by atoms with van der Waals surface area (Å²) in [6.45, 7) is 1.96. The molecule has 0 aliphatic heterocycles. The van der Waals surface area contributed by atoms with Crippen LogP contribution in [0.1, 0.15) is 27.6 Å². The molecule has 0 aliphatic rings. The summed E-state index contributed by atoms with van der Waals surface area (Å²) >= 11 is 0. The third-order valence-corrected chi connectivity index (χ3v) is 0.796. The van der Waals surface area contributed by atoms with E-state index in [0.29, 0.717) is 0 Å². The molecule has 1 nitrogen and oxygen atoms in total. The molecule has 2 heteroatoms. The molecule has 0 aromatic carbocycles. The summed E-state index contributed by atoms with van der Waals surface area (Å²) in [7, 11) is 0. The maximum Gasteiger partial charge on any atom is 1.00 e. The molecule has 1 atom stereocenters. The third kappa shape index (κ3) is 5.89. The molecule has 0 rings (SSSR count). The minimum absolute atomic E-state index is 0. The van der Waals surface area contributed by atoms with E-state index in [4.69, 9.17) is 5.11 Å². The molecule has 0 heterocycles. The highest BCUT2D eigenvalue weighted by Crippen LogP contribution is 1.99. The predicted octanol–water partition coefficient (Wildman–Crippen LogP) is 1.58. The van der Waals surface area contributed by atoms with Crippen LogP contribution in [0.15, 0.2) is 0 Å². The zero-order valence-electron chi connectivity index (χ0n) is 5.52. The average Bonchev–Trinajstić information content (AvgIpc) is 1.61. The molecular formula is C5H12FO+. The van der Waals surface area contributed by atoms with Crippen molar-refractivity contribution in [2.45, 2.75) is 32.5 Å². The van der Waals surface area contributed by atoms with Crippen LogP contribution in [0.25, 0.3) is 0 Å². The van der Waals surface area contributed by atoms with Crippen molar-refractivity contribution < 1.29 is 10.9 Å². The molecule has 0 saturated carbocycles. The van der Waals surface area contributed by atoms with E-state index in [1.54, 1.807) is 0 Å². The fourth-order valence-corrected chi connectivity index (χ4v) is 0.373. The molecule has 1 N–H and O–H groups in total. The van der Waals surface area contributed by atoms with E-state index in [2.05, 4.69) is 0 Å². The SMILES string of the molecule is CCCCC(O)F.[H+]. The second-order valence-electron chi connectivity index (χ2n) is 1.58. The Morgan fingerprint density at radius 2 is 2.43 bits per heavy atom. The minimum Gasteiger partial charge on any atom is -0.364 e. The van der Waals surface area contributed by atoms with Crippen molar-refractivity contribution in [3.63, 3.8) is 0 Å². The van der Waals surface area contributed by atoms with Crippen LogP contribution in [-0.2, 0) is 0 Å². The molecule has 1 unspecified atom stereocenters. The molecule has 0 aliphatic carbocycles. The summed E-state index contributed by atoms with van der Waals surface area (Å²) < 4.78 is 11.4. The molecular weight excluding hydrogens is 95.1 g/mol. The average molecular weight is 107 g/mol. The molecule has 0 aromatic rings. The van der Waals surface area contributed by atoms with Crippen molar-refractivity contribution in [3.8, 4) is 0 Å². The Morgan fingerprint density at radius 3 is 2.57 bits per heavy atom. The van der Waals surface area contributed by atoms with Gasteiger partial charge in [0.2, 0.25) is 0 Å². The lowest BCUT2D eigenvalue weighted by molar-refractivity contribution is 0.0327. The highest BCUT2D eigenvalue weighted by atomic mass is 19.1. The van der Waals surface area contributed by atoms with E-state index in [1.807, 2.05) is 6.92 Å². The molecule has 0 fully saturated rings. The van der Waals surface area contributed by atoms with Gasteiger partial charge in [-0.2, -0.15) is 0 Å². The maximum absolute atomic E-state index is 11.4. The van der Waals surface area contributed by atoms with Crippen LogP contribution in [0.4, 0.5) is 4.39 Å². The molecule has 0 radical (unpaired) electrons. The molecule has 0 bridgehead atoms. The van der Waals surface area contributed by atoms with E-state index >= 15 is 0 Å². The van der Waals surface area contributed by atoms with Crippen LogP contribution in [0.5, 0.6) is 0 Å². The first-order chi connectivity index (χ1) is 3.27. The number of unbranched alkanes of at least 4 members (excludes halogenated alkanes) is 1. The Kier molecular flexibility index (Phi) is 4.00. The Bertz CT molecular complexity index is 41.4. The molecule has 0 saturated heterocycles. The number of hydrogen-bond acceptors (Lipinski definition) is 1. The Balaban J connectivity index is 0. The third-order valence-electron chi connectivity index (χ3n) is 0.796. The molecule has 0 spiro atoms. The van der Waals surface area contributed by atoms with Crippen LogP contribution >= 0.6 is 0 Å². The number of hydrogen-bond donors (Lipinski definition) is 1. The van der Waals surface area contributed by atoms with Gasteiger partial charge in [0.1, 0.15) is 0 Å².